The normalized spacial score (nSPS) is 11.6. The second-order valence-corrected chi connectivity index (χ2v) is 11.1. The van der Waals surface area contributed by atoms with Crippen LogP contribution in [0.25, 0.3) is 0 Å². The van der Waals surface area contributed by atoms with Crippen molar-refractivity contribution in [3.8, 4) is 23.0 Å². The highest BCUT2D eigenvalue weighted by atomic mass is 16.5. The molecule has 42 heavy (non-hydrogen) atoms. The first-order valence-electron chi connectivity index (χ1n) is 16.6. The molecule has 0 aliphatic rings. The second kappa shape index (κ2) is 23.5. The van der Waals surface area contributed by atoms with Gasteiger partial charge >= 0.3 is 0 Å². The zero-order chi connectivity index (χ0) is 30.1. The molecule has 2 aromatic rings. The van der Waals surface area contributed by atoms with Gasteiger partial charge in [-0.05, 0) is 37.1 Å². The van der Waals surface area contributed by atoms with Gasteiger partial charge in [-0.3, -0.25) is 9.98 Å². The molecule has 0 radical (unpaired) electrons. The maximum Gasteiger partial charge on any atom is 0.166 e. The predicted molar refractivity (Wildman–Crippen MR) is 177 cm³/mol. The van der Waals surface area contributed by atoms with Crippen molar-refractivity contribution in [3.63, 3.8) is 0 Å². The molecule has 0 fully saturated rings. The van der Waals surface area contributed by atoms with Gasteiger partial charge in [-0.25, -0.2) is 0 Å². The number of ether oxygens (including phenoxy) is 2. The highest BCUT2D eigenvalue weighted by molar-refractivity contribution is 5.85. The number of phenols is 2. The maximum absolute atomic E-state index is 10.6. The quantitative estimate of drug-likeness (QED) is 0.0904. The Bertz CT molecular complexity index is 940. The van der Waals surface area contributed by atoms with Crippen LogP contribution < -0.4 is 9.47 Å². The van der Waals surface area contributed by atoms with Crippen LogP contribution in [0.5, 0.6) is 23.0 Å². The van der Waals surface area contributed by atoms with Crippen LogP contribution in [0.1, 0.15) is 128 Å². The molecule has 234 valence electrons. The highest BCUT2D eigenvalue weighted by Gasteiger charge is 2.07. The van der Waals surface area contributed by atoms with Gasteiger partial charge in [-0.2, -0.15) is 0 Å². The molecule has 6 heteroatoms. The summed E-state index contributed by atoms with van der Waals surface area (Å²) in [5.41, 5.74) is 1.26. The molecule has 0 heterocycles. The van der Waals surface area contributed by atoms with E-state index in [4.69, 9.17) is 9.47 Å². The number of phenolic OH excluding ortho intramolecular Hbond substituents is 2. The van der Waals surface area contributed by atoms with Crippen molar-refractivity contribution in [2.75, 3.05) is 26.3 Å². The molecule has 0 unspecified atom stereocenters. The number of nitrogens with zero attached hydrogens (tertiary/aromatic N) is 2. The Morgan fingerprint density at radius 2 is 0.881 bits per heavy atom. The van der Waals surface area contributed by atoms with Gasteiger partial charge in [0.05, 0.1) is 26.3 Å². The first-order valence-corrected chi connectivity index (χ1v) is 16.6. The fourth-order valence-electron chi connectivity index (χ4n) is 4.80. The predicted octanol–water partition coefficient (Wildman–Crippen LogP) is 9.67. The molecule has 0 aliphatic carbocycles. The Balaban J connectivity index is 1.67. The molecule has 0 bridgehead atoms. The lowest BCUT2D eigenvalue weighted by Gasteiger charge is -2.09. The molecule has 0 amide bonds. The topological polar surface area (TPSA) is 83.6 Å². The summed E-state index contributed by atoms with van der Waals surface area (Å²) in [4.78, 5) is 8.82. The van der Waals surface area contributed by atoms with E-state index in [1.165, 1.54) is 77.0 Å². The molecule has 2 N–H and O–H groups in total. The van der Waals surface area contributed by atoms with Crippen LogP contribution in [0, 0.1) is 0 Å². The van der Waals surface area contributed by atoms with Gasteiger partial charge in [0, 0.05) is 23.6 Å². The standard InChI is InChI=1S/C36H56N2O4/c1-3-5-7-9-11-13-15-17-27-41-33-23-19-21-31(35(33)39)29-37-25-26-38-30-32-22-20-24-34(36(32)40)42-28-18-16-14-12-10-8-6-4-2/h19-24,29-30,39-40H,3-18,25-28H2,1-2H3. The third-order valence-corrected chi connectivity index (χ3v) is 7.39. The van der Waals surface area contributed by atoms with Gasteiger partial charge in [-0.1, -0.05) is 116 Å². The highest BCUT2D eigenvalue weighted by Crippen LogP contribution is 2.30. The molecule has 0 atom stereocenters. The molecule has 0 saturated heterocycles. The van der Waals surface area contributed by atoms with Gasteiger partial charge in [-0.15, -0.1) is 0 Å². The van der Waals surface area contributed by atoms with E-state index in [-0.39, 0.29) is 11.5 Å². The Morgan fingerprint density at radius 3 is 1.26 bits per heavy atom. The summed E-state index contributed by atoms with van der Waals surface area (Å²) in [6.45, 7) is 6.63. The molecule has 0 aliphatic heterocycles. The third kappa shape index (κ3) is 15.3. The zero-order valence-electron chi connectivity index (χ0n) is 26.4. The van der Waals surface area contributed by atoms with E-state index in [2.05, 4.69) is 23.8 Å². The van der Waals surface area contributed by atoms with Crippen molar-refractivity contribution in [1.29, 1.82) is 0 Å². The summed E-state index contributed by atoms with van der Waals surface area (Å²) in [7, 11) is 0. The van der Waals surface area contributed by atoms with Crippen molar-refractivity contribution in [1.82, 2.24) is 0 Å². The molecule has 0 aromatic heterocycles. The largest absolute Gasteiger partial charge is 0.504 e. The molecular formula is C36H56N2O4. The van der Waals surface area contributed by atoms with Crippen LogP contribution in [-0.2, 0) is 0 Å². The summed E-state index contributed by atoms with van der Waals surface area (Å²) >= 11 is 0. The Morgan fingerprint density at radius 1 is 0.524 bits per heavy atom. The SMILES string of the molecule is CCCCCCCCCCOc1cccc(C=NCCN=Cc2cccc(OCCCCCCCCCC)c2O)c1O. The number of aliphatic imine (C=N–C) groups is 2. The zero-order valence-corrected chi connectivity index (χ0v) is 26.4. The van der Waals surface area contributed by atoms with E-state index >= 15 is 0 Å². The Hall–Kier alpha value is -3.02. The van der Waals surface area contributed by atoms with Gasteiger partial charge in [0.25, 0.3) is 0 Å². The van der Waals surface area contributed by atoms with Crippen molar-refractivity contribution in [3.05, 3.63) is 47.5 Å². The summed E-state index contributed by atoms with van der Waals surface area (Å²) in [6, 6.07) is 11.0. The molecule has 2 rings (SSSR count). The van der Waals surface area contributed by atoms with Crippen LogP contribution in [0.3, 0.4) is 0 Å². The minimum atomic E-state index is 0.123. The number of aromatic hydroxyl groups is 2. The van der Waals surface area contributed by atoms with Crippen LogP contribution in [0.2, 0.25) is 0 Å². The molecule has 0 saturated carbocycles. The first-order chi connectivity index (χ1) is 20.7. The minimum Gasteiger partial charge on any atom is -0.504 e. The average Bonchev–Trinajstić information content (AvgIpc) is 3.00. The fourth-order valence-corrected chi connectivity index (χ4v) is 4.80. The smallest absolute Gasteiger partial charge is 0.166 e. The molecular weight excluding hydrogens is 524 g/mol. The lowest BCUT2D eigenvalue weighted by Crippen LogP contribution is -1.99. The molecule has 0 spiro atoms. The van der Waals surface area contributed by atoms with Crippen LogP contribution in [-0.4, -0.2) is 48.9 Å². The fraction of sp³-hybridized carbons (Fsp3) is 0.611. The summed E-state index contributed by atoms with van der Waals surface area (Å²) in [5, 5.41) is 21.2. The minimum absolute atomic E-state index is 0.123. The summed E-state index contributed by atoms with van der Waals surface area (Å²) in [6.07, 6.45) is 23.3. The van der Waals surface area contributed by atoms with Crippen molar-refractivity contribution >= 4 is 12.4 Å². The molecule has 2 aromatic carbocycles. The molecule has 6 nitrogen and oxygen atoms in total. The van der Waals surface area contributed by atoms with Gasteiger partial charge < -0.3 is 19.7 Å². The van der Waals surface area contributed by atoms with E-state index in [0.29, 0.717) is 48.9 Å². The number of hydrogen-bond acceptors (Lipinski definition) is 6. The van der Waals surface area contributed by atoms with Crippen LogP contribution in [0.15, 0.2) is 46.4 Å². The van der Waals surface area contributed by atoms with Crippen molar-refractivity contribution < 1.29 is 19.7 Å². The average molecular weight is 581 g/mol. The lowest BCUT2D eigenvalue weighted by molar-refractivity contribution is 0.288. The van der Waals surface area contributed by atoms with Gasteiger partial charge in [0.15, 0.2) is 23.0 Å². The van der Waals surface area contributed by atoms with E-state index in [1.54, 1.807) is 24.6 Å². The number of rotatable bonds is 25. The lowest BCUT2D eigenvalue weighted by atomic mass is 10.1. The first kappa shape index (κ1) is 35.2. The van der Waals surface area contributed by atoms with E-state index in [0.717, 1.165) is 25.7 Å². The Kier molecular flexibility index (Phi) is 19.7. The monoisotopic (exact) mass is 580 g/mol. The van der Waals surface area contributed by atoms with Crippen LogP contribution >= 0.6 is 0 Å². The number of hydrogen-bond donors (Lipinski definition) is 2. The van der Waals surface area contributed by atoms with Gasteiger partial charge in [0.2, 0.25) is 0 Å². The maximum atomic E-state index is 10.6. The number of benzene rings is 2. The van der Waals surface area contributed by atoms with E-state index in [1.807, 2.05) is 24.3 Å². The van der Waals surface area contributed by atoms with Gasteiger partial charge in [0.1, 0.15) is 0 Å². The Labute approximate surface area is 255 Å². The summed E-state index contributed by atoms with van der Waals surface area (Å²) < 4.78 is 11.7. The van der Waals surface area contributed by atoms with Crippen molar-refractivity contribution in [2.45, 2.75) is 117 Å². The summed E-state index contributed by atoms with van der Waals surface area (Å²) in [5.74, 6) is 1.25. The van der Waals surface area contributed by atoms with E-state index in [9.17, 15) is 10.2 Å². The van der Waals surface area contributed by atoms with Crippen molar-refractivity contribution in [2.24, 2.45) is 9.98 Å². The number of unbranched alkanes of at least 4 members (excludes halogenated alkanes) is 14. The number of para-hydroxylation sites is 2. The second-order valence-electron chi connectivity index (χ2n) is 11.1. The third-order valence-electron chi connectivity index (χ3n) is 7.39. The van der Waals surface area contributed by atoms with Crippen LogP contribution in [0.4, 0.5) is 0 Å². The van der Waals surface area contributed by atoms with E-state index < -0.39 is 0 Å².